The van der Waals surface area contributed by atoms with E-state index in [-0.39, 0.29) is 32.1 Å². The van der Waals surface area contributed by atoms with Crippen LogP contribution in [0.4, 0.5) is 16.2 Å². The average Bonchev–Trinajstić information content (AvgIpc) is 3.22. The molecule has 0 spiro atoms. The van der Waals surface area contributed by atoms with E-state index in [9.17, 15) is 19.5 Å². The number of benzene rings is 1. The number of carbonyl (C=O) groups excluding carboxylic acids is 3. The lowest BCUT2D eigenvalue weighted by Crippen LogP contribution is -2.45. The van der Waals surface area contributed by atoms with Crippen molar-refractivity contribution in [2.45, 2.75) is 51.0 Å². The molecular formula is C23H33N3O8. The minimum Gasteiger partial charge on any atom is -0.444 e. The van der Waals surface area contributed by atoms with Crippen LogP contribution in [0.15, 0.2) is 24.3 Å². The predicted molar refractivity (Wildman–Crippen MR) is 122 cm³/mol. The highest BCUT2D eigenvalue weighted by Gasteiger charge is 2.42. The van der Waals surface area contributed by atoms with Gasteiger partial charge in [0.2, 0.25) is 5.91 Å². The Morgan fingerprint density at radius 2 is 1.97 bits per heavy atom. The third-order valence-corrected chi connectivity index (χ3v) is 5.36. The van der Waals surface area contributed by atoms with Gasteiger partial charge in [0, 0.05) is 24.3 Å². The number of amides is 3. The van der Waals surface area contributed by atoms with Crippen LogP contribution in [0.1, 0.15) is 27.2 Å². The monoisotopic (exact) mass is 479 g/mol. The summed E-state index contributed by atoms with van der Waals surface area (Å²) in [6.07, 6.45) is -1.97. The van der Waals surface area contributed by atoms with Gasteiger partial charge in [-0.1, -0.05) is 0 Å². The first-order valence-electron chi connectivity index (χ1n) is 11.3. The van der Waals surface area contributed by atoms with E-state index in [4.69, 9.17) is 19.3 Å². The van der Waals surface area contributed by atoms with E-state index in [1.807, 2.05) is 0 Å². The lowest BCUT2D eigenvalue weighted by atomic mass is 10.1. The zero-order valence-electron chi connectivity index (χ0n) is 19.7. The van der Waals surface area contributed by atoms with Crippen LogP contribution in [-0.2, 0) is 23.8 Å². The smallest absolute Gasteiger partial charge is 0.411 e. The number of hydrogen-bond acceptors (Lipinski definition) is 8. The van der Waals surface area contributed by atoms with Gasteiger partial charge in [-0.2, -0.15) is 0 Å². The van der Waals surface area contributed by atoms with Crippen LogP contribution < -0.4 is 10.2 Å². The maximum absolute atomic E-state index is 13.1. The number of nitrogens with one attached hydrogen (secondary N) is 1. The van der Waals surface area contributed by atoms with E-state index < -0.39 is 42.5 Å². The van der Waals surface area contributed by atoms with Crippen molar-refractivity contribution in [3.05, 3.63) is 24.3 Å². The second-order valence-corrected chi connectivity index (χ2v) is 9.31. The van der Waals surface area contributed by atoms with E-state index in [1.165, 1.54) is 4.90 Å². The van der Waals surface area contributed by atoms with Gasteiger partial charge in [-0.15, -0.1) is 0 Å². The quantitative estimate of drug-likeness (QED) is 0.521. The van der Waals surface area contributed by atoms with Crippen molar-refractivity contribution in [2.75, 3.05) is 49.7 Å². The van der Waals surface area contributed by atoms with Gasteiger partial charge in [0.1, 0.15) is 24.4 Å². The number of morpholine rings is 1. The van der Waals surface area contributed by atoms with E-state index in [0.717, 1.165) is 0 Å². The van der Waals surface area contributed by atoms with Crippen LogP contribution in [0.2, 0.25) is 0 Å². The number of carbonyl (C=O) groups is 3. The topological polar surface area (TPSA) is 138 Å². The van der Waals surface area contributed by atoms with Crippen LogP contribution in [0.25, 0.3) is 0 Å². The fourth-order valence-corrected chi connectivity index (χ4v) is 3.73. The van der Waals surface area contributed by atoms with Crippen LogP contribution in [0.5, 0.6) is 0 Å². The normalized spacial score (nSPS) is 22.0. The van der Waals surface area contributed by atoms with Crippen LogP contribution in [0.3, 0.4) is 0 Å². The maximum atomic E-state index is 13.1. The van der Waals surface area contributed by atoms with Crippen LogP contribution in [0, 0.1) is 0 Å². The zero-order chi connectivity index (χ0) is 24.9. The standard InChI is InChI=1S/C23H33N3O8/c1-23(2,3)34-22(31)26-11-18(33-13-17(28)12-27)10-19(26)21(30)24-15-4-6-16(7-5-15)25-8-9-32-14-20(25)29/h4-7,17-19,27-28H,8-14H2,1-3H3,(H,24,30)/t17?,18-,19-/m1/s1. The van der Waals surface area contributed by atoms with E-state index in [1.54, 1.807) is 49.9 Å². The molecule has 0 saturated carbocycles. The van der Waals surface area contributed by atoms with Gasteiger partial charge in [-0.25, -0.2) is 4.79 Å². The Hall–Kier alpha value is -2.73. The molecule has 34 heavy (non-hydrogen) atoms. The lowest BCUT2D eigenvalue weighted by molar-refractivity contribution is -0.125. The Bertz CT molecular complexity index is 870. The summed E-state index contributed by atoms with van der Waals surface area (Å²) in [6, 6.07) is 6.01. The van der Waals surface area contributed by atoms with Gasteiger partial charge >= 0.3 is 6.09 Å². The number of likely N-dealkylation sites (tertiary alicyclic amines) is 1. The maximum Gasteiger partial charge on any atom is 0.411 e. The highest BCUT2D eigenvalue weighted by Crippen LogP contribution is 2.26. The van der Waals surface area contributed by atoms with Crippen LogP contribution in [-0.4, -0.2) is 96.4 Å². The van der Waals surface area contributed by atoms with Gasteiger partial charge in [0.15, 0.2) is 0 Å². The van der Waals surface area contributed by atoms with Gasteiger partial charge in [-0.05, 0) is 45.0 Å². The highest BCUT2D eigenvalue weighted by molar-refractivity contribution is 5.98. The van der Waals surface area contributed by atoms with Crippen molar-refractivity contribution in [1.29, 1.82) is 0 Å². The molecule has 0 aliphatic carbocycles. The molecule has 2 heterocycles. The van der Waals surface area contributed by atoms with Gasteiger partial charge in [0.05, 0.1) is 32.5 Å². The molecular weight excluding hydrogens is 446 g/mol. The third kappa shape index (κ3) is 6.89. The van der Waals surface area contributed by atoms with Gasteiger partial charge in [-0.3, -0.25) is 14.5 Å². The second-order valence-electron chi connectivity index (χ2n) is 9.31. The second kappa shape index (κ2) is 11.1. The molecule has 2 aliphatic heterocycles. The molecule has 3 amide bonds. The number of anilines is 2. The summed E-state index contributed by atoms with van der Waals surface area (Å²) in [6.45, 7) is 5.74. The first kappa shape index (κ1) is 25.9. The molecule has 1 unspecified atom stereocenters. The highest BCUT2D eigenvalue weighted by atomic mass is 16.6. The molecule has 0 aromatic heterocycles. The molecule has 3 rings (SSSR count). The fourth-order valence-electron chi connectivity index (χ4n) is 3.73. The van der Waals surface area contributed by atoms with E-state index in [0.29, 0.717) is 24.5 Å². The molecule has 0 radical (unpaired) electrons. The summed E-state index contributed by atoms with van der Waals surface area (Å²) in [7, 11) is 0. The molecule has 3 N–H and O–H groups in total. The Kier molecular flexibility index (Phi) is 8.47. The fraction of sp³-hybridized carbons (Fsp3) is 0.609. The van der Waals surface area contributed by atoms with E-state index >= 15 is 0 Å². The number of aliphatic hydroxyl groups excluding tert-OH is 2. The summed E-state index contributed by atoms with van der Waals surface area (Å²) >= 11 is 0. The SMILES string of the molecule is CC(C)(C)OC(=O)N1C[C@H](OCC(O)CO)C[C@@H]1C(=O)Nc1ccc(N2CCOCC2=O)cc1. The summed E-state index contributed by atoms with van der Waals surface area (Å²) < 4.78 is 16.2. The molecule has 0 bridgehead atoms. The molecule has 2 saturated heterocycles. The van der Waals surface area contributed by atoms with Crippen molar-refractivity contribution in [3.8, 4) is 0 Å². The summed E-state index contributed by atoms with van der Waals surface area (Å²) in [4.78, 5) is 40.8. The molecule has 11 heteroatoms. The van der Waals surface area contributed by atoms with Crippen molar-refractivity contribution in [3.63, 3.8) is 0 Å². The number of aliphatic hydroxyl groups is 2. The van der Waals surface area contributed by atoms with Gasteiger partial charge in [0.25, 0.3) is 5.91 Å². The van der Waals surface area contributed by atoms with Crippen LogP contribution >= 0.6 is 0 Å². The van der Waals surface area contributed by atoms with Gasteiger partial charge < -0.3 is 34.6 Å². The molecule has 1 aromatic carbocycles. The number of ether oxygens (including phenoxy) is 3. The Labute approximate surface area is 198 Å². The van der Waals surface area contributed by atoms with Crippen molar-refractivity contribution in [2.24, 2.45) is 0 Å². The van der Waals surface area contributed by atoms with Crippen molar-refractivity contribution < 1.29 is 38.8 Å². The van der Waals surface area contributed by atoms with E-state index in [2.05, 4.69) is 5.32 Å². The predicted octanol–water partition coefficient (Wildman–Crippen LogP) is 0.736. The molecule has 2 fully saturated rings. The first-order valence-corrected chi connectivity index (χ1v) is 11.3. The van der Waals surface area contributed by atoms with Crippen molar-refractivity contribution >= 4 is 29.3 Å². The molecule has 2 aliphatic rings. The zero-order valence-corrected chi connectivity index (χ0v) is 19.7. The average molecular weight is 480 g/mol. The molecule has 11 nitrogen and oxygen atoms in total. The summed E-state index contributed by atoms with van der Waals surface area (Å²) in [5.41, 5.74) is 0.480. The number of hydrogen-bond donors (Lipinski definition) is 3. The number of nitrogens with zero attached hydrogens (tertiary/aromatic N) is 2. The Morgan fingerprint density at radius 3 is 2.59 bits per heavy atom. The minimum atomic E-state index is -1.04. The third-order valence-electron chi connectivity index (χ3n) is 5.36. The Morgan fingerprint density at radius 1 is 1.26 bits per heavy atom. The largest absolute Gasteiger partial charge is 0.444 e. The summed E-state index contributed by atoms with van der Waals surface area (Å²) in [5.74, 6) is -0.533. The summed E-state index contributed by atoms with van der Waals surface area (Å²) in [5, 5.41) is 21.4. The van der Waals surface area contributed by atoms with Crippen molar-refractivity contribution in [1.82, 2.24) is 4.90 Å². The minimum absolute atomic E-state index is 0.0409. The lowest BCUT2D eigenvalue weighted by Gasteiger charge is -2.28. The first-order chi connectivity index (χ1) is 16.1. The molecule has 1 aromatic rings. The molecule has 188 valence electrons. The Balaban J connectivity index is 1.67. The molecule has 3 atom stereocenters. The number of rotatable bonds is 7.